The molecular formula is C27H26F3NO3S. The summed E-state index contributed by atoms with van der Waals surface area (Å²) < 4.78 is 43.7. The lowest BCUT2D eigenvalue weighted by atomic mass is 9.91. The van der Waals surface area contributed by atoms with Crippen molar-refractivity contribution in [3.05, 3.63) is 82.4 Å². The van der Waals surface area contributed by atoms with Gasteiger partial charge >= 0.3 is 12.1 Å². The van der Waals surface area contributed by atoms with E-state index in [1.807, 2.05) is 25.1 Å². The minimum Gasteiger partial charge on any atom is -0.482 e. The van der Waals surface area contributed by atoms with Crippen molar-refractivity contribution < 1.29 is 27.8 Å². The molecule has 0 saturated carbocycles. The number of benzene rings is 3. The summed E-state index contributed by atoms with van der Waals surface area (Å²) >= 11 is 1.69. The molecule has 0 aliphatic heterocycles. The zero-order valence-electron chi connectivity index (χ0n) is 19.2. The average Bonchev–Trinajstić information content (AvgIpc) is 2.83. The molecule has 0 spiro atoms. The molecule has 0 atom stereocenters. The summed E-state index contributed by atoms with van der Waals surface area (Å²) in [6, 6.07) is 15.1. The maximum absolute atomic E-state index is 12.7. The second kappa shape index (κ2) is 10.6. The van der Waals surface area contributed by atoms with Crippen LogP contribution in [0, 0.1) is 6.92 Å². The van der Waals surface area contributed by atoms with Gasteiger partial charge in [0.05, 0.1) is 5.56 Å². The largest absolute Gasteiger partial charge is 0.482 e. The Hall–Kier alpha value is -3.13. The number of hydrogen-bond acceptors (Lipinski definition) is 4. The van der Waals surface area contributed by atoms with E-state index in [0.717, 1.165) is 64.3 Å². The van der Waals surface area contributed by atoms with Gasteiger partial charge in [-0.25, -0.2) is 4.79 Å². The van der Waals surface area contributed by atoms with Gasteiger partial charge in [0.2, 0.25) is 0 Å². The van der Waals surface area contributed by atoms with Gasteiger partial charge in [-0.1, -0.05) is 23.9 Å². The molecular weight excluding hydrogens is 475 g/mol. The fourth-order valence-corrected chi connectivity index (χ4v) is 5.29. The van der Waals surface area contributed by atoms with Crippen molar-refractivity contribution >= 4 is 23.4 Å². The molecule has 4 nitrogen and oxygen atoms in total. The highest BCUT2D eigenvalue weighted by molar-refractivity contribution is 7.99. The van der Waals surface area contributed by atoms with Crippen molar-refractivity contribution in [1.82, 2.24) is 0 Å². The molecule has 35 heavy (non-hydrogen) atoms. The van der Waals surface area contributed by atoms with Crippen molar-refractivity contribution in [1.29, 1.82) is 0 Å². The number of alkyl halides is 3. The molecule has 0 radical (unpaired) electrons. The van der Waals surface area contributed by atoms with Gasteiger partial charge < -0.3 is 15.2 Å². The molecule has 8 heteroatoms. The van der Waals surface area contributed by atoms with Crippen LogP contribution in [0.3, 0.4) is 0 Å². The lowest BCUT2D eigenvalue weighted by Gasteiger charge is -2.22. The third-order valence-electron chi connectivity index (χ3n) is 5.97. The van der Waals surface area contributed by atoms with E-state index < -0.39 is 17.7 Å². The molecule has 3 aromatic rings. The number of rotatable bonds is 8. The van der Waals surface area contributed by atoms with Crippen molar-refractivity contribution in [2.24, 2.45) is 0 Å². The average molecular weight is 502 g/mol. The summed E-state index contributed by atoms with van der Waals surface area (Å²) in [5, 5.41) is 12.1. The van der Waals surface area contributed by atoms with E-state index in [2.05, 4.69) is 17.4 Å². The zero-order valence-corrected chi connectivity index (χ0v) is 20.1. The van der Waals surface area contributed by atoms with E-state index in [0.29, 0.717) is 18.0 Å². The molecule has 1 aliphatic carbocycles. The third kappa shape index (κ3) is 6.31. The monoisotopic (exact) mass is 501 g/mol. The first-order chi connectivity index (χ1) is 16.7. The SMILES string of the molecule is Cc1cc(CNc2ccc(C(F)(F)F)cc2)ccc1Sc1ccc(OCC(=O)O)c2c1CCCC2. The van der Waals surface area contributed by atoms with Gasteiger partial charge in [0.1, 0.15) is 5.75 Å². The van der Waals surface area contributed by atoms with E-state index >= 15 is 0 Å². The van der Waals surface area contributed by atoms with Gasteiger partial charge in [-0.15, -0.1) is 0 Å². The fraction of sp³-hybridized carbons (Fsp3) is 0.296. The van der Waals surface area contributed by atoms with Crippen LogP contribution in [0.25, 0.3) is 0 Å². The highest BCUT2D eigenvalue weighted by Crippen LogP contribution is 2.40. The first kappa shape index (κ1) is 25.0. The minimum atomic E-state index is -4.34. The molecule has 0 heterocycles. The van der Waals surface area contributed by atoms with Gasteiger partial charge in [-0.2, -0.15) is 13.2 Å². The molecule has 0 saturated heterocycles. The van der Waals surface area contributed by atoms with Crippen LogP contribution < -0.4 is 10.1 Å². The molecule has 4 rings (SSSR count). The van der Waals surface area contributed by atoms with Crippen LogP contribution in [-0.4, -0.2) is 17.7 Å². The van der Waals surface area contributed by atoms with Gasteiger partial charge in [0.15, 0.2) is 6.61 Å². The summed E-state index contributed by atoms with van der Waals surface area (Å²) in [7, 11) is 0. The molecule has 2 N–H and O–H groups in total. The van der Waals surface area contributed by atoms with Crippen LogP contribution in [0.5, 0.6) is 5.75 Å². The lowest BCUT2D eigenvalue weighted by molar-refractivity contribution is -0.139. The number of carboxylic acid groups (broad SMARTS) is 1. The summed E-state index contributed by atoms with van der Waals surface area (Å²) in [4.78, 5) is 13.2. The van der Waals surface area contributed by atoms with Crippen LogP contribution in [0.15, 0.2) is 64.4 Å². The minimum absolute atomic E-state index is 0.347. The van der Waals surface area contributed by atoms with Crippen molar-refractivity contribution in [3.63, 3.8) is 0 Å². The topological polar surface area (TPSA) is 58.6 Å². The van der Waals surface area contributed by atoms with Crippen LogP contribution in [0.1, 0.15) is 40.7 Å². The summed E-state index contributed by atoms with van der Waals surface area (Å²) in [5.41, 5.74) is 4.45. The Bertz CT molecular complexity index is 1210. The van der Waals surface area contributed by atoms with Gasteiger partial charge in [0.25, 0.3) is 0 Å². The van der Waals surface area contributed by atoms with Gasteiger partial charge in [0, 0.05) is 22.0 Å². The fourth-order valence-electron chi connectivity index (χ4n) is 4.21. The Morgan fingerprint density at radius 3 is 2.34 bits per heavy atom. The van der Waals surface area contributed by atoms with E-state index in [-0.39, 0.29) is 6.61 Å². The Balaban J connectivity index is 1.45. The standard InChI is InChI=1S/C27H26F3NO3S/c1-17-14-18(15-31-20-9-7-19(8-10-20)27(28,29)30)6-12-24(17)35-25-13-11-23(34-16-26(32)33)21-4-2-3-5-22(21)25/h6-14,31H,2-5,15-16H2,1H3,(H,32,33). The number of halogens is 3. The molecule has 3 aromatic carbocycles. The molecule has 0 fully saturated rings. The lowest BCUT2D eigenvalue weighted by Crippen LogP contribution is -2.13. The Morgan fingerprint density at radius 2 is 1.69 bits per heavy atom. The molecule has 0 aromatic heterocycles. The highest BCUT2D eigenvalue weighted by atomic mass is 32.2. The number of hydrogen-bond donors (Lipinski definition) is 2. The van der Waals surface area contributed by atoms with E-state index in [1.54, 1.807) is 11.8 Å². The third-order valence-corrected chi connectivity index (χ3v) is 7.25. The van der Waals surface area contributed by atoms with Crippen LogP contribution in [0.4, 0.5) is 18.9 Å². The number of aryl methyl sites for hydroxylation is 1. The number of carboxylic acids is 1. The van der Waals surface area contributed by atoms with E-state index in [9.17, 15) is 18.0 Å². The highest BCUT2D eigenvalue weighted by Gasteiger charge is 2.29. The van der Waals surface area contributed by atoms with Gasteiger partial charge in [-0.05, 0) is 97.3 Å². The second-order valence-electron chi connectivity index (χ2n) is 8.54. The van der Waals surface area contributed by atoms with Crippen molar-refractivity contribution in [3.8, 4) is 5.75 Å². The molecule has 184 valence electrons. The number of nitrogens with one attached hydrogen (secondary N) is 1. The summed E-state index contributed by atoms with van der Waals surface area (Å²) in [5.74, 6) is -0.329. The normalized spacial score (nSPS) is 13.3. The first-order valence-corrected chi connectivity index (χ1v) is 12.2. The van der Waals surface area contributed by atoms with Crippen molar-refractivity contribution in [2.75, 3.05) is 11.9 Å². The Morgan fingerprint density at radius 1 is 1.00 bits per heavy atom. The summed E-state index contributed by atoms with van der Waals surface area (Å²) in [6.45, 7) is 2.20. The van der Waals surface area contributed by atoms with Crippen LogP contribution in [0.2, 0.25) is 0 Å². The molecule has 0 bridgehead atoms. The zero-order chi connectivity index (χ0) is 25.0. The Labute approximate surface area is 206 Å². The predicted molar refractivity (Wildman–Crippen MR) is 130 cm³/mol. The number of ether oxygens (including phenoxy) is 1. The van der Waals surface area contributed by atoms with Crippen LogP contribution in [-0.2, 0) is 30.4 Å². The predicted octanol–water partition coefficient (Wildman–Crippen LogP) is 7.12. The first-order valence-electron chi connectivity index (χ1n) is 11.4. The number of anilines is 1. The smallest absolute Gasteiger partial charge is 0.416 e. The van der Waals surface area contributed by atoms with E-state index in [1.165, 1.54) is 17.7 Å². The van der Waals surface area contributed by atoms with E-state index in [4.69, 9.17) is 9.84 Å². The molecule has 0 amide bonds. The number of carbonyl (C=O) groups is 1. The van der Waals surface area contributed by atoms with Crippen LogP contribution >= 0.6 is 11.8 Å². The van der Waals surface area contributed by atoms with Gasteiger partial charge in [-0.3, -0.25) is 0 Å². The van der Waals surface area contributed by atoms with Crippen molar-refractivity contribution in [2.45, 2.75) is 55.1 Å². The summed E-state index contributed by atoms with van der Waals surface area (Å²) in [6.07, 6.45) is -0.364. The Kier molecular flexibility index (Phi) is 7.60. The molecule has 1 aliphatic rings. The number of aliphatic carboxylic acids is 1. The maximum Gasteiger partial charge on any atom is 0.416 e. The maximum atomic E-state index is 12.7. The molecule has 0 unspecified atom stereocenters. The second-order valence-corrected chi connectivity index (χ2v) is 9.62. The number of fused-ring (bicyclic) bond motifs is 1. The quantitative estimate of drug-likeness (QED) is 0.344.